The van der Waals surface area contributed by atoms with Gasteiger partial charge in [-0.05, 0) is 44.5 Å². The maximum absolute atomic E-state index is 12.8. The number of hydrogen-bond donors (Lipinski definition) is 1. The van der Waals surface area contributed by atoms with Gasteiger partial charge in [0.1, 0.15) is 5.75 Å². The third-order valence-corrected chi connectivity index (χ3v) is 5.05. The summed E-state index contributed by atoms with van der Waals surface area (Å²) in [6.45, 7) is 5.82. The highest BCUT2D eigenvalue weighted by atomic mass is 32.1. The molecular formula is C19H20N2O2S. The molecule has 5 heteroatoms. The molecule has 0 saturated carbocycles. The van der Waals surface area contributed by atoms with Crippen LogP contribution in [0.15, 0.2) is 42.5 Å². The number of para-hydroxylation sites is 1. The number of aryl methyl sites for hydroxylation is 1. The monoisotopic (exact) mass is 340 g/mol. The zero-order valence-electron chi connectivity index (χ0n) is 14.2. The predicted molar refractivity (Wildman–Crippen MR) is 99.0 cm³/mol. The minimum absolute atomic E-state index is 0.109. The summed E-state index contributed by atoms with van der Waals surface area (Å²) in [6.07, 6.45) is 0. The van der Waals surface area contributed by atoms with Gasteiger partial charge in [-0.25, -0.2) is 4.98 Å². The fourth-order valence-corrected chi connectivity index (χ4v) is 3.58. The Kier molecular flexibility index (Phi) is 4.28. The number of hydrogen-bond acceptors (Lipinski definition) is 4. The zero-order valence-corrected chi connectivity index (χ0v) is 15.0. The molecule has 0 unspecified atom stereocenters. The summed E-state index contributed by atoms with van der Waals surface area (Å²) in [5, 5.41) is 3.57. The van der Waals surface area contributed by atoms with Crippen molar-refractivity contribution in [3.63, 3.8) is 0 Å². The summed E-state index contributed by atoms with van der Waals surface area (Å²) in [7, 11) is 1.61. The van der Waals surface area contributed by atoms with Crippen molar-refractivity contribution in [2.45, 2.75) is 26.2 Å². The van der Waals surface area contributed by atoms with Gasteiger partial charge < -0.3 is 10.1 Å². The first-order valence-corrected chi connectivity index (χ1v) is 8.55. The molecule has 2 aromatic carbocycles. The van der Waals surface area contributed by atoms with Crippen molar-refractivity contribution >= 4 is 32.6 Å². The molecular weight excluding hydrogens is 320 g/mol. The van der Waals surface area contributed by atoms with Crippen molar-refractivity contribution in [2.24, 2.45) is 0 Å². The highest BCUT2D eigenvalue weighted by molar-refractivity contribution is 7.22. The summed E-state index contributed by atoms with van der Waals surface area (Å²) in [5.41, 5.74) is 2.19. The summed E-state index contributed by atoms with van der Waals surface area (Å²) >= 11 is 1.49. The maximum atomic E-state index is 12.8. The number of thiazole rings is 1. The van der Waals surface area contributed by atoms with E-state index in [1.165, 1.54) is 16.9 Å². The highest BCUT2D eigenvalue weighted by Crippen LogP contribution is 2.34. The fourth-order valence-electron chi connectivity index (χ4n) is 2.62. The van der Waals surface area contributed by atoms with E-state index in [0.717, 1.165) is 15.8 Å². The minimum Gasteiger partial charge on any atom is -0.496 e. The smallest absolute Gasteiger partial charge is 0.236 e. The van der Waals surface area contributed by atoms with Crippen molar-refractivity contribution < 1.29 is 9.53 Å². The van der Waals surface area contributed by atoms with Gasteiger partial charge in [-0.1, -0.05) is 35.6 Å². The van der Waals surface area contributed by atoms with Gasteiger partial charge in [0.15, 0.2) is 5.13 Å². The number of rotatable bonds is 4. The molecule has 124 valence electrons. The predicted octanol–water partition coefficient (Wildman–Crippen LogP) is 4.53. The number of ether oxygens (including phenoxy) is 1. The Morgan fingerprint density at radius 3 is 2.71 bits per heavy atom. The number of carbonyl (C=O) groups is 1. The number of fused-ring (bicyclic) bond motifs is 1. The number of anilines is 1. The average Bonchev–Trinajstić information content (AvgIpc) is 2.95. The first-order chi connectivity index (χ1) is 11.4. The topological polar surface area (TPSA) is 51.2 Å². The highest BCUT2D eigenvalue weighted by Gasteiger charge is 2.33. The van der Waals surface area contributed by atoms with E-state index in [0.29, 0.717) is 10.9 Å². The molecule has 0 bridgehead atoms. The van der Waals surface area contributed by atoms with E-state index in [4.69, 9.17) is 4.74 Å². The molecule has 24 heavy (non-hydrogen) atoms. The SMILES string of the molecule is COc1ccccc1C(C)(C)C(=O)Nc1nc2ccc(C)cc2s1. The number of benzene rings is 2. The molecule has 4 nitrogen and oxygen atoms in total. The van der Waals surface area contributed by atoms with Crippen LogP contribution in [0.2, 0.25) is 0 Å². The van der Waals surface area contributed by atoms with Crippen LogP contribution in [-0.4, -0.2) is 18.0 Å². The molecule has 1 aromatic heterocycles. The van der Waals surface area contributed by atoms with Crippen molar-refractivity contribution in [1.82, 2.24) is 4.98 Å². The number of amides is 1. The first-order valence-electron chi connectivity index (χ1n) is 7.74. The van der Waals surface area contributed by atoms with Crippen molar-refractivity contribution in [3.8, 4) is 5.75 Å². The first kappa shape index (κ1) is 16.5. The van der Waals surface area contributed by atoms with Crippen LogP contribution < -0.4 is 10.1 Å². The summed E-state index contributed by atoms with van der Waals surface area (Å²) in [5.74, 6) is 0.598. The van der Waals surface area contributed by atoms with Crippen LogP contribution in [-0.2, 0) is 10.2 Å². The van der Waals surface area contributed by atoms with Gasteiger partial charge in [0.2, 0.25) is 5.91 Å². The molecule has 0 spiro atoms. The molecule has 0 radical (unpaired) electrons. The zero-order chi connectivity index (χ0) is 17.3. The van der Waals surface area contributed by atoms with Crippen LogP contribution in [0.5, 0.6) is 5.75 Å². The fraction of sp³-hybridized carbons (Fsp3) is 0.263. The Morgan fingerprint density at radius 1 is 1.21 bits per heavy atom. The Hall–Kier alpha value is -2.40. The van der Waals surface area contributed by atoms with Gasteiger partial charge in [0.25, 0.3) is 0 Å². The second-order valence-electron chi connectivity index (χ2n) is 6.27. The Morgan fingerprint density at radius 2 is 1.96 bits per heavy atom. The van der Waals surface area contributed by atoms with Crippen LogP contribution in [0.25, 0.3) is 10.2 Å². The van der Waals surface area contributed by atoms with Crippen molar-refractivity contribution in [1.29, 1.82) is 0 Å². The van der Waals surface area contributed by atoms with E-state index >= 15 is 0 Å². The molecule has 3 aromatic rings. The molecule has 1 N–H and O–H groups in total. The summed E-state index contributed by atoms with van der Waals surface area (Å²) in [6, 6.07) is 13.7. The second kappa shape index (κ2) is 6.24. The number of carbonyl (C=O) groups excluding carboxylic acids is 1. The van der Waals surface area contributed by atoms with Gasteiger partial charge >= 0.3 is 0 Å². The molecule has 0 aliphatic carbocycles. The quantitative estimate of drug-likeness (QED) is 0.759. The average molecular weight is 340 g/mol. The lowest BCUT2D eigenvalue weighted by Gasteiger charge is -2.25. The molecule has 0 fully saturated rings. The van der Waals surface area contributed by atoms with Crippen LogP contribution >= 0.6 is 11.3 Å². The molecule has 0 atom stereocenters. The van der Waals surface area contributed by atoms with Gasteiger partial charge in [0.05, 0.1) is 22.7 Å². The number of nitrogens with zero attached hydrogens (tertiary/aromatic N) is 1. The van der Waals surface area contributed by atoms with Gasteiger partial charge in [0, 0.05) is 5.56 Å². The Bertz CT molecular complexity index is 899. The third-order valence-electron chi connectivity index (χ3n) is 4.11. The van der Waals surface area contributed by atoms with Crippen LogP contribution in [0.3, 0.4) is 0 Å². The molecule has 1 heterocycles. The normalized spacial score (nSPS) is 11.5. The largest absolute Gasteiger partial charge is 0.496 e. The van der Waals surface area contributed by atoms with Gasteiger partial charge in [-0.2, -0.15) is 0 Å². The van der Waals surface area contributed by atoms with Crippen LogP contribution in [0.4, 0.5) is 5.13 Å². The summed E-state index contributed by atoms with van der Waals surface area (Å²) in [4.78, 5) is 17.3. The standard InChI is InChI=1S/C19H20N2O2S/c1-12-9-10-14-16(11-12)24-18(20-14)21-17(22)19(2,3)13-7-5-6-8-15(13)23-4/h5-11H,1-4H3,(H,20,21,22). The van der Waals surface area contributed by atoms with E-state index in [9.17, 15) is 4.79 Å². The van der Waals surface area contributed by atoms with E-state index in [1.54, 1.807) is 7.11 Å². The minimum atomic E-state index is -0.736. The van der Waals surface area contributed by atoms with Crippen molar-refractivity contribution in [3.05, 3.63) is 53.6 Å². The van der Waals surface area contributed by atoms with Crippen molar-refractivity contribution in [2.75, 3.05) is 12.4 Å². The van der Waals surface area contributed by atoms with E-state index in [1.807, 2.05) is 57.2 Å². The molecule has 0 aliphatic rings. The maximum Gasteiger partial charge on any atom is 0.236 e. The number of aromatic nitrogens is 1. The van der Waals surface area contributed by atoms with Gasteiger partial charge in [-0.3, -0.25) is 4.79 Å². The Balaban J connectivity index is 1.89. The van der Waals surface area contributed by atoms with Gasteiger partial charge in [-0.15, -0.1) is 0 Å². The second-order valence-corrected chi connectivity index (χ2v) is 7.30. The molecule has 0 saturated heterocycles. The molecule has 1 amide bonds. The number of methoxy groups -OCH3 is 1. The van der Waals surface area contributed by atoms with Crippen LogP contribution in [0, 0.1) is 6.92 Å². The van der Waals surface area contributed by atoms with Crippen LogP contribution in [0.1, 0.15) is 25.0 Å². The van der Waals surface area contributed by atoms with E-state index in [-0.39, 0.29) is 5.91 Å². The molecule has 3 rings (SSSR count). The summed E-state index contributed by atoms with van der Waals surface area (Å²) < 4.78 is 6.47. The lowest BCUT2D eigenvalue weighted by Crippen LogP contribution is -2.35. The lowest BCUT2D eigenvalue weighted by molar-refractivity contribution is -0.120. The third kappa shape index (κ3) is 2.99. The lowest BCUT2D eigenvalue weighted by atomic mass is 9.83. The van der Waals surface area contributed by atoms with E-state index in [2.05, 4.69) is 16.4 Å². The number of nitrogens with one attached hydrogen (secondary N) is 1. The molecule has 0 aliphatic heterocycles. The Labute approximate surface area is 145 Å². The van der Waals surface area contributed by atoms with E-state index < -0.39 is 5.41 Å².